The van der Waals surface area contributed by atoms with Crippen LogP contribution in [0.15, 0.2) is 71.9 Å². The van der Waals surface area contributed by atoms with Crippen molar-refractivity contribution >= 4 is 35.0 Å². The molecule has 8 heteroatoms. The van der Waals surface area contributed by atoms with Gasteiger partial charge in [0.1, 0.15) is 5.82 Å². The molecule has 32 heavy (non-hydrogen) atoms. The molecule has 1 aromatic heterocycles. The smallest absolute Gasteiger partial charge is 0.234 e. The number of benzene rings is 3. The lowest BCUT2D eigenvalue weighted by molar-refractivity contribution is -0.113. The maximum atomic E-state index is 13.8. The number of aryl methyl sites for hydroxylation is 2. The van der Waals surface area contributed by atoms with Crippen molar-refractivity contribution in [2.45, 2.75) is 19.0 Å². The van der Waals surface area contributed by atoms with E-state index in [1.54, 1.807) is 18.2 Å². The molecule has 5 nitrogen and oxygen atoms in total. The summed E-state index contributed by atoms with van der Waals surface area (Å²) in [7, 11) is 0. The number of para-hydroxylation sites is 1. The van der Waals surface area contributed by atoms with Gasteiger partial charge in [0.25, 0.3) is 0 Å². The Kier molecular flexibility index (Phi) is 6.58. The fourth-order valence-electron chi connectivity index (χ4n) is 3.24. The van der Waals surface area contributed by atoms with E-state index in [-0.39, 0.29) is 17.3 Å². The number of anilines is 1. The predicted octanol–water partition coefficient (Wildman–Crippen LogP) is 6.07. The van der Waals surface area contributed by atoms with Crippen molar-refractivity contribution in [3.63, 3.8) is 0 Å². The third-order valence-corrected chi connectivity index (χ3v) is 6.09. The number of nitrogens with one attached hydrogen (secondary N) is 1. The molecule has 1 heterocycles. The molecule has 0 aliphatic carbocycles. The molecular weight excluding hydrogens is 447 g/mol. The number of halogens is 2. The van der Waals surface area contributed by atoms with Crippen molar-refractivity contribution in [1.82, 2.24) is 14.8 Å². The van der Waals surface area contributed by atoms with E-state index >= 15 is 0 Å². The van der Waals surface area contributed by atoms with Crippen LogP contribution < -0.4 is 5.32 Å². The quantitative estimate of drug-likeness (QED) is 0.350. The van der Waals surface area contributed by atoms with Gasteiger partial charge in [-0.05, 0) is 55.3 Å². The van der Waals surface area contributed by atoms with Gasteiger partial charge in [-0.15, -0.1) is 10.2 Å². The van der Waals surface area contributed by atoms with Gasteiger partial charge >= 0.3 is 0 Å². The van der Waals surface area contributed by atoms with Crippen LogP contribution in [0, 0.1) is 19.7 Å². The van der Waals surface area contributed by atoms with Crippen LogP contribution in [-0.4, -0.2) is 26.4 Å². The first-order valence-corrected chi connectivity index (χ1v) is 11.3. The average Bonchev–Trinajstić information content (AvgIpc) is 3.19. The second-order valence-electron chi connectivity index (χ2n) is 7.23. The summed E-state index contributed by atoms with van der Waals surface area (Å²) in [5.41, 5.74) is 3.90. The van der Waals surface area contributed by atoms with Gasteiger partial charge in [0, 0.05) is 5.56 Å². The van der Waals surface area contributed by atoms with Crippen molar-refractivity contribution in [1.29, 1.82) is 0 Å². The third-order valence-electron chi connectivity index (χ3n) is 4.83. The molecule has 0 spiro atoms. The van der Waals surface area contributed by atoms with E-state index < -0.39 is 5.82 Å². The zero-order valence-corrected chi connectivity index (χ0v) is 19.0. The van der Waals surface area contributed by atoms with Crippen LogP contribution in [0.4, 0.5) is 10.1 Å². The van der Waals surface area contributed by atoms with Crippen LogP contribution in [0.1, 0.15) is 11.1 Å². The Morgan fingerprint density at radius 1 is 1.06 bits per heavy atom. The van der Waals surface area contributed by atoms with E-state index in [0.717, 1.165) is 22.4 Å². The molecule has 4 rings (SSSR count). The number of hydrogen-bond donors (Lipinski definition) is 1. The summed E-state index contributed by atoms with van der Waals surface area (Å²) in [5.74, 6) is -0.193. The molecule has 0 fully saturated rings. The minimum absolute atomic E-state index is 0.0415. The van der Waals surface area contributed by atoms with Crippen molar-refractivity contribution in [2.24, 2.45) is 0 Å². The lowest BCUT2D eigenvalue weighted by Crippen LogP contribution is -2.15. The highest BCUT2D eigenvalue weighted by Gasteiger charge is 2.20. The van der Waals surface area contributed by atoms with Crippen LogP contribution >= 0.6 is 23.4 Å². The summed E-state index contributed by atoms with van der Waals surface area (Å²) in [6.07, 6.45) is 0. The second kappa shape index (κ2) is 9.54. The molecule has 0 unspecified atom stereocenters. The molecule has 0 saturated heterocycles. The minimum Gasteiger partial charge on any atom is -0.323 e. The molecule has 0 aliphatic rings. The molecule has 3 aromatic carbocycles. The summed E-state index contributed by atoms with van der Waals surface area (Å²) >= 11 is 7.67. The Morgan fingerprint density at radius 3 is 2.59 bits per heavy atom. The van der Waals surface area contributed by atoms with E-state index in [4.69, 9.17) is 11.6 Å². The molecule has 0 aliphatic heterocycles. The van der Waals surface area contributed by atoms with Gasteiger partial charge in [0.15, 0.2) is 11.0 Å². The molecule has 4 aromatic rings. The number of rotatable bonds is 6. The molecule has 1 N–H and O–H groups in total. The summed E-state index contributed by atoms with van der Waals surface area (Å²) in [6, 6.07) is 19.6. The van der Waals surface area contributed by atoms with E-state index in [2.05, 4.69) is 15.5 Å². The van der Waals surface area contributed by atoms with Crippen LogP contribution in [0.5, 0.6) is 0 Å². The number of nitrogens with zero attached hydrogens (tertiary/aromatic N) is 3. The largest absolute Gasteiger partial charge is 0.323 e. The highest BCUT2D eigenvalue weighted by molar-refractivity contribution is 7.99. The highest BCUT2D eigenvalue weighted by Crippen LogP contribution is 2.33. The molecule has 0 saturated carbocycles. The fraction of sp³-hybridized carbons (Fsp3) is 0.125. The first kappa shape index (κ1) is 22.0. The van der Waals surface area contributed by atoms with Gasteiger partial charge in [0.2, 0.25) is 5.91 Å². The lowest BCUT2D eigenvalue weighted by Gasteiger charge is -2.14. The Bertz CT molecular complexity index is 1290. The number of aromatic nitrogens is 3. The Labute approximate surface area is 194 Å². The zero-order chi connectivity index (χ0) is 22.7. The topological polar surface area (TPSA) is 59.8 Å². The van der Waals surface area contributed by atoms with Crippen LogP contribution in [-0.2, 0) is 4.79 Å². The fourth-order valence-corrected chi connectivity index (χ4v) is 4.20. The summed E-state index contributed by atoms with van der Waals surface area (Å²) in [4.78, 5) is 12.5. The van der Waals surface area contributed by atoms with Crippen LogP contribution in [0.2, 0.25) is 5.02 Å². The summed E-state index contributed by atoms with van der Waals surface area (Å²) < 4.78 is 15.8. The number of hydrogen-bond acceptors (Lipinski definition) is 4. The number of carbonyl (C=O) groups is 1. The Hall–Kier alpha value is -3.16. The van der Waals surface area contributed by atoms with Gasteiger partial charge in [-0.2, -0.15) is 0 Å². The van der Waals surface area contributed by atoms with Gasteiger partial charge < -0.3 is 5.32 Å². The minimum atomic E-state index is -0.481. The molecular formula is C24H20ClFN4OS. The first-order valence-electron chi connectivity index (χ1n) is 9.89. The SMILES string of the molecule is Cc1ccc(C)c(-n2c(SCC(=O)Nc3ccccc3F)nnc2-c2ccccc2Cl)c1. The zero-order valence-electron chi connectivity index (χ0n) is 17.5. The molecule has 162 valence electrons. The summed E-state index contributed by atoms with van der Waals surface area (Å²) in [6.45, 7) is 4.02. The van der Waals surface area contributed by atoms with Crippen LogP contribution in [0.3, 0.4) is 0 Å². The number of amides is 1. The maximum absolute atomic E-state index is 13.8. The van der Waals surface area contributed by atoms with Gasteiger partial charge in [-0.25, -0.2) is 4.39 Å². The van der Waals surface area contributed by atoms with Crippen molar-refractivity contribution in [3.8, 4) is 17.1 Å². The number of carbonyl (C=O) groups excluding carboxylic acids is 1. The lowest BCUT2D eigenvalue weighted by atomic mass is 10.1. The molecule has 1 amide bonds. The summed E-state index contributed by atoms with van der Waals surface area (Å²) in [5, 5.41) is 12.4. The van der Waals surface area contributed by atoms with Crippen molar-refractivity contribution in [3.05, 3.63) is 88.7 Å². The highest BCUT2D eigenvalue weighted by atomic mass is 35.5. The second-order valence-corrected chi connectivity index (χ2v) is 8.58. The van der Waals surface area contributed by atoms with E-state index in [1.807, 2.05) is 54.8 Å². The van der Waals surface area contributed by atoms with E-state index in [1.165, 1.54) is 23.9 Å². The molecule has 0 bridgehead atoms. The Balaban J connectivity index is 1.68. The normalized spacial score (nSPS) is 10.9. The van der Waals surface area contributed by atoms with Crippen molar-refractivity contribution < 1.29 is 9.18 Å². The van der Waals surface area contributed by atoms with Crippen molar-refractivity contribution in [2.75, 3.05) is 11.1 Å². The Morgan fingerprint density at radius 2 is 1.81 bits per heavy atom. The average molecular weight is 467 g/mol. The third kappa shape index (κ3) is 4.69. The monoisotopic (exact) mass is 466 g/mol. The standard InChI is InChI=1S/C24H20ClFN4OS/c1-15-11-12-16(2)21(13-15)30-23(17-7-3-4-8-18(17)25)28-29-24(30)32-14-22(31)27-20-10-6-5-9-19(20)26/h3-13H,14H2,1-2H3,(H,27,31). The maximum Gasteiger partial charge on any atom is 0.234 e. The molecule has 0 atom stereocenters. The molecule has 0 radical (unpaired) electrons. The van der Waals surface area contributed by atoms with Gasteiger partial charge in [0.05, 0.1) is 22.2 Å². The van der Waals surface area contributed by atoms with Gasteiger partial charge in [-0.3, -0.25) is 9.36 Å². The predicted molar refractivity (Wildman–Crippen MR) is 127 cm³/mol. The van der Waals surface area contributed by atoms with E-state index in [9.17, 15) is 9.18 Å². The van der Waals surface area contributed by atoms with E-state index in [0.29, 0.717) is 16.0 Å². The van der Waals surface area contributed by atoms with Crippen LogP contribution in [0.25, 0.3) is 17.1 Å². The first-order chi connectivity index (χ1) is 15.4. The van der Waals surface area contributed by atoms with Gasteiger partial charge in [-0.1, -0.05) is 59.8 Å². The number of thioether (sulfide) groups is 1.